The van der Waals surface area contributed by atoms with E-state index in [2.05, 4.69) is 0 Å². The Balaban J connectivity index is 1.88. The Bertz CT molecular complexity index is 664. The number of nitrogens with zero attached hydrogens (tertiary/aromatic N) is 1. The molecule has 2 heterocycles. The fraction of sp³-hybridized carbons (Fsp3) is 0.571. The van der Waals surface area contributed by atoms with Gasteiger partial charge >= 0.3 is 6.18 Å². The summed E-state index contributed by atoms with van der Waals surface area (Å²) in [5, 5.41) is 0. The molecule has 1 aliphatic heterocycles. The number of nitrogens with two attached hydrogens (primary N) is 1. The molecule has 1 amide bonds. The van der Waals surface area contributed by atoms with Gasteiger partial charge < -0.3 is 15.6 Å². The third kappa shape index (κ3) is 2.31. The highest BCUT2D eigenvalue weighted by Gasteiger charge is 2.50. The Morgan fingerprint density at radius 1 is 1.41 bits per heavy atom. The molecular formula is C14H16F3N3O2. The van der Waals surface area contributed by atoms with Crippen LogP contribution < -0.4 is 11.3 Å². The highest BCUT2D eigenvalue weighted by Crippen LogP contribution is 2.47. The van der Waals surface area contributed by atoms with Crippen molar-refractivity contribution < 1.29 is 18.0 Å². The van der Waals surface area contributed by atoms with Gasteiger partial charge in [-0.05, 0) is 18.9 Å². The number of rotatable bonds is 1. The van der Waals surface area contributed by atoms with E-state index in [0.717, 1.165) is 19.3 Å². The summed E-state index contributed by atoms with van der Waals surface area (Å²) >= 11 is 0. The first-order valence-electron chi connectivity index (χ1n) is 7.08. The Labute approximate surface area is 124 Å². The molecule has 3 N–H and O–H groups in total. The number of aromatic nitrogens is 1. The molecule has 0 aromatic carbocycles. The van der Waals surface area contributed by atoms with E-state index in [9.17, 15) is 22.8 Å². The van der Waals surface area contributed by atoms with Crippen LogP contribution in [0.5, 0.6) is 0 Å². The number of likely N-dealkylation sites (tertiary alicyclic amines) is 1. The second kappa shape index (κ2) is 4.84. The average molecular weight is 315 g/mol. The fourth-order valence-electron chi connectivity index (χ4n) is 3.28. The van der Waals surface area contributed by atoms with Gasteiger partial charge in [0.15, 0.2) is 0 Å². The average Bonchev–Trinajstić information content (AvgIpc) is 2.75. The van der Waals surface area contributed by atoms with E-state index in [1.807, 2.05) is 4.98 Å². The predicted molar refractivity (Wildman–Crippen MR) is 72.2 cm³/mol. The van der Waals surface area contributed by atoms with E-state index in [4.69, 9.17) is 5.73 Å². The summed E-state index contributed by atoms with van der Waals surface area (Å²) in [6, 6.07) is 0.424. The minimum Gasteiger partial charge on any atom is -0.336 e. The predicted octanol–water partition coefficient (Wildman–Crippen LogP) is 1.35. The van der Waals surface area contributed by atoms with Crippen LogP contribution in [-0.2, 0) is 6.18 Å². The van der Waals surface area contributed by atoms with Crippen LogP contribution in [0.3, 0.4) is 0 Å². The third-order valence-corrected chi connectivity index (χ3v) is 4.81. The van der Waals surface area contributed by atoms with Crippen molar-refractivity contribution in [3.63, 3.8) is 0 Å². The fourth-order valence-corrected chi connectivity index (χ4v) is 3.28. The Kier molecular flexibility index (Phi) is 3.32. The first kappa shape index (κ1) is 15.1. The van der Waals surface area contributed by atoms with Crippen molar-refractivity contribution >= 4 is 5.91 Å². The molecule has 1 spiro atoms. The number of carbonyl (C=O) groups is 1. The summed E-state index contributed by atoms with van der Waals surface area (Å²) in [4.78, 5) is 27.5. The minimum atomic E-state index is -4.62. The smallest absolute Gasteiger partial charge is 0.336 e. The van der Waals surface area contributed by atoms with Gasteiger partial charge in [-0.25, -0.2) is 0 Å². The van der Waals surface area contributed by atoms with Crippen LogP contribution in [0.2, 0.25) is 0 Å². The van der Waals surface area contributed by atoms with Crippen molar-refractivity contribution in [3.8, 4) is 0 Å². The van der Waals surface area contributed by atoms with Crippen molar-refractivity contribution in [1.29, 1.82) is 0 Å². The van der Waals surface area contributed by atoms with Gasteiger partial charge in [-0.15, -0.1) is 0 Å². The maximum Gasteiger partial charge on any atom is 0.417 e. The van der Waals surface area contributed by atoms with Crippen molar-refractivity contribution in [2.45, 2.75) is 31.5 Å². The molecule has 8 heteroatoms. The van der Waals surface area contributed by atoms with Gasteiger partial charge in [-0.3, -0.25) is 9.59 Å². The van der Waals surface area contributed by atoms with Crippen LogP contribution in [0.25, 0.3) is 0 Å². The zero-order valence-corrected chi connectivity index (χ0v) is 11.7. The second-order valence-corrected chi connectivity index (χ2v) is 6.14. The topological polar surface area (TPSA) is 79.2 Å². The van der Waals surface area contributed by atoms with Gasteiger partial charge in [0.1, 0.15) is 5.56 Å². The molecule has 1 aliphatic carbocycles. The van der Waals surface area contributed by atoms with Crippen molar-refractivity contribution in [2.75, 3.05) is 13.1 Å². The van der Waals surface area contributed by atoms with Crippen molar-refractivity contribution in [2.24, 2.45) is 11.1 Å². The van der Waals surface area contributed by atoms with Crippen LogP contribution in [-0.4, -0.2) is 34.9 Å². The van der Waals surface area contributed by atoms with Crippen molar-refractivity contribution in [3.05, 3.63) is 33.7 Å². The maximum atomic E-state index is 12.7. The summed E-state index contributed by atoms with van der Waals surface area (Å²) in [6.45, 7) is 0.678. The summed E-state index contributed by atoms with van der Waals surface area (Å²) < 4.78 is 38.2. The number of halogens is 3. The molecule has 1 atom stereocenters. The normalized spacial score (nSPS) is 23.6. The van der Waals surface area contributed by atoms with E-state index in [-0.39, 0.29) is 18.0 Å². The number of pyridine rings is 1. The van der Waals surface area contributed by atoms with Gasteiger partial charge in [-0.2, -0.15) is 13.2 Å². The number of hydrogen-bond acceptors (Lipinski definition) is 3. The zero-order valence-electron chi connectivity index (χ0n) is 11.7. The van der Waals surface area contributed by atoms with Gasteiger partial charge in [0.2, 0.25) is 0 Å². The number of aromatic amines is 1. The number of carbonyl (C=O) groups excluding carboxylic acids is 1. The third-order valence-electron chi connectivity index (χ3n) is 4.81. The van der Waals surface area contributed by atoms with E-state index < -0.39 is 28.8 Å². The Morgan fingerprint density at radius 3 is 2.59 bits per heavy atom. The van der Waals surface area contributed by atoms with Gasteiger partial charge in [0, 0.05) is 30.7 Å². The minimum absolute atomic E-state index is 0.121. The standard InChI is InChI=1S/C14H16F3N3O2/c15-14(16,17)8-4-9(11(21)19-5-8)12(22)20-6-10(18)13(7-20)2-1-3-13/h4-5,10H,1-3,6-7,18H2,(H,19,21). The molecule has 1 saturated heterocycles. The molecule has 0 bridgehead atoms. The molecule has 2 fully saturated rings. The molecule has 1 saturated carbocycles. The molecule has 1 aromatic rings. The summed E-state index contributed by atoms with van der Waals surface area (Å²) in [5.41, 5.74) is 3.59. The van der Waals surface area contributed by atoms with E-state index in [1.54, 1.807) is 0 Å². The first-order chi connectivity index (χ1) is 10.2. The number of amides is 1. The largest absolute Gasteiger partial charge is 0.417 e. The van der Waals surface area contributed by atoms with Gasteiger partial charge in [0.25, 0.3) is 11.5 Å². The van der Waals surface area contributed by atoms with Crippen molar-refractivity contribution in [1.82, 2.24) is 9.88 Å². The Hall–Kier alpha value is -1.83. The molecule has 22 heavy (non-hydrogen) atoms. The summed E-state index contributed by atoms with van der Waals surface area (Å²) in [5.74, 6) is -0.688. The number of nitrogens with one attached hydrogen (secondary N) is 1. The first-order valence-corrected chi connectivity index (χ1v) is 7.08. The quantitative estimate of drug-likeness (QED) is 0.821. The highest BCUT2D eigenvalue weighted by molar-refractivity contribution is 5.94. The van der Waals surface area contributed by atoms with E-state index >= 15 is 0 Å². The Morgan fingerprint density at radius 2 is 2.09 bits per heavy atom. The molecule has 1 aromatic heterocycles. The molecule has 0 radical (unpaired) electrons. The second-order valence-electron chi connectivity index (χ2n) is 6.14. The summed E-state index contributed by atoms with van der Waals surface area (Å²) in [7, 11) is 0. The molecule has 1 unspecified atom stereocenters. The van der Waals surface area contributed by atoms with Crippen LogP contribution in [0.1, 0.15) is 35.2 Å². The highest BCUT2D eigenvalue weighted by atomic mass is 19.4. The van der Waals surface area contributed by atoms with Crippen LogP contribution in [0.15, 0.2) is 17.1 Å². The van der Waals surface area contributed by atoms with E-state index in [1.165, 1.54) is 4.90 Å². The molecular weight excluding hydrogens is 299 g/mol. The summed E-state index contributed by atoms with van der Waals surface area (Å²) in [6.07, 6.45) is -1.17. The molecule has 5 nitrogen and oxygen atoms in total. The zero-order chi connectivity index (χ0) is 16.1. The lowest BCUT2D eigenvalue weighted by Crippen LogP contribution is -2.45. The maximum absolute atomic E-state index is 12.7. The van der Waals surface area contributed by atoms with Gasteiger partial charge in [-0.1, -0.05) is 6.42 Å². The lowest BCUT2D eigenvalue weighted by molar-refractivity contribution is -0.137. The lowest BCUT2D eigenvalue weighted by atomic mass is 9.66. The van der Waals surface area contributed by atoms with E-state index in [0.29, 0.717) is 18.8 Å². The molecule has 120 valence electrons. The molecule has 3 rings (SSSR count). The molecule has 2 aliphatic rings. The number of H-pyrrole nitrogens is 1. The number of alkyl halides is 3. The van der Waals surface area contributed by atoms with Crippen LogP contribution in [0, 0.1) is 5.41 Å². The monoisotopic (exact) mass is 315 g/mol. The number of hydrogen-bond donors (Lipinski definition) is 2. The SMILES string of the molecule is NC1CN(C(=O)c2cc(C(F)(F)F)c[nH]c2=O)CC12CCC2. The lowest BCUT2D eigenvalue weighted by Gasteiger charge is -2.41. The van der Waals surface area contributed by atoms with Crippen LogP contribution in [0.4, 0.5) is 13.2 Å². The van der Waals surface area contributed by atoms with Gasteiger partial charge in [0.05, 0.1) is 5.56 Å². The van der Waals surface area contributed by atoms with Crippen LogP contribution >= 0.6 is 0 Å².